The first kappa shape index (κ1) is 19.3. The van der Waals surface area contributed by atoms with Gasteiger partial charge in [0.1, 0.15) is 24.5 Å². The van der Waals surface area contributed by atoms with Gasteiger partial charge in [0, 0.05) is 16.8 Å². The van der Waals surface area contributed by atoms with Gasteiger partial charge in [0.25, 0.3) is 0 Å². The van der Waals surface area contributed by atoms with E-state index in [0.717, 1.165) is 46.4 Å². The maximum atomic E-state index is 10.4. The van der Waals surface area contributed by atoms with E-state index < -0.39 is 0 Å². The van der Waals surface area contributed by atoms with Gasteiger partial charge < -0.3 is 19.0 Å². The molecule has 0 radical (unpaired) electrons. The zero-order valence-corrected chi connectivity index (χ0v) is 17.1. The molecule has 156 valence electrons. The van der Waals surface area contributed by atoms with Crippen LogP contribution in [0, 0.1) is 0 Å². The normalized spacial score (nSPS) is 17.1. The minimum Gasteiger partial charge on any atom is -0.497 e. The molecule has 7 nitrogen and oxygen atoms in total. The monoisotopic (exact) mass is 416 g/mol. The molecule has 7 heteroatoms. The van der Waals surface area contributed by atoms with Gasteiger partial charge in [-0.15, -0.1) is 0 Å². The molecule has 1 aromatic heterocycles. The number of rotatable bonds is 3. The molecular weight excluding hydrogens is 394 g/mol. The Bertz CT molecular complexity index is 1300. The summed E-state index contributed by atoms with van der Waals surface area (Å²) in [5.74, 6) is 1.72. The van der Waals surface area contributed by atoms with Gasteiger partial charge in [-0.05, 0) is 41.4 Å². The lowest BCUT2D eigenvalue weighted by Crippen LogP contribution is -2.38. The molecule has 0 amide bonds. The van der Waals surface area contributed by atoms with Gasteiger partial charge in [-0.25, -0.2) is 4.98 Å². The minimum absolute atomic E-state index is 0.221. The Labute approximate surface area is 178 Å². The molecule has 0 spiro atoms. The van der Waals surface area contributed by atoms with Crippen molar-refractivity contribution in [3.8, 4) is 23.1 Å². The van der Waals surface area contributed by atoms with Gasteiger partial charge in [-0.1, -0.05) is 18.2 Å². The second kappa shape index (κ2) is 8.20. The van der Waals surface area contributed by atoms with Crippen molar-refractivity contribution in [2.24, 2.45) is 4.99 Å². The molecule has 0 unspecified atom stereocenters. The van der Waals surface area contributed by atoms with Crippen molar-refractivity contribution in [3.05, 3.63) is 70.4 Å². The number of nitrogens with zero attached hydrogens (tertiary/aromatic N) is 3. The summed E-state index contributed by atoms with van der Waals surface area (Å²) in [4.78, 5) is 9.42. The van der Waals surface area contributed by atoms with Crippen LogP contribution in [0.2, 0.25) is 0 Å². The van der Waals surface area contributed by atoms with Crippen LogP contribution in [0.1, 0.15) is 5.69 Å². The maximum Gasteiger partial charge on any atom is 0.326 e. The Morgan fingerprint density at radius 2 is 1.90 bits per heavy atom. The Morgan fingerprint density at radius 1 is 1.10 bits per heavy atom. The predicted octanol–water partition coefficient (Wildman–Crippen LogP) is 1.99. The van der Waals surface area contributed by atoms with E-state index in [1.165, 1.54) is 0 Å². The van der Waals surface area contributed by atoms with Crippen molar-refractivity contribution in [1.29, 1.82) is 0 Å². The van der Waals surface area contributed by atoms with E-state index in [-0.39, 0.29) is 5.95 Å². The van der Waals surface area contributed by atoms with Crippen LogP contribution >= 0.6 is 0 Å². The Morgan fingerprint density at radius 3 is 2.68 bits per heavy atom. The summed E-state index contributed by atoms with van der Waals surface area (Å²) in [5.41, 5.74) is 2.01. The van der Waals surface area contributed by atoms with E-state index in [2.05, 4.69) is 9.56 Å². The molecule has 5 rings (SSSR count). The van der Waals surface area contributed by atoms with Crippen LogP contribution in [-0.4, -0.2) is 53.9 Å². The number of morpholine rings is 1. The van der Waals surface area contributed by atoms with Crippen LogP contribution in [0.5, 0.6) is 11.7 Å². The van der Waals surface area contributed by atoms with Gasteiger partial charge in [0.05, 0.1) is 25.9 Å². The van der Waals surface area contributed by atoms with Crippen molar-refractivity contribution in [2.45, 2.75) is 0 Å². The molecule has 31 heavy (non-hydrogen) atoms. The average Bonchev–Trinajstić information content (AvgIpc) is 3.19. The molecule has 0 saturated carbocycles. The van der Waals surface area contributed by atoms with E-state index in [0.29, 0.717) is 24.8 Å². The Balaban J connectivity index is 1.65. The summed E-state index contributed by atoms with van der Waals surface area (Å²) in [7, 11) is 1.64. The van der Waals surface area contributed by atoms with Crippen molar-refractivity contribution < 1.29 is 23.6 Å². The number of aromatic nitrogens is 1. The third kappa shape index (κ3) is 3.87. The molecule has 2 aromatic carbocycles. The van der Waals surface area contributed by atoms with Crippen LogP contribution in [0.3, 0.4) is 0 Å². The van der Waals surface area contributed by atoms with Gasteiger partial charge in [0.2, 0.25) is 5.89 Å². The fourth-order valence-corrected chi connectivity index (χ4v) is 3.68. The van der Waals surface area contributed by atoms with Gasteiger partial charge in [0.15, 0.2) is 5.36 Å². The molecule has 2 aliphatic rings. The summed E-state index contributed by atoms with van der Waals surface area (Å²) in [6.45, 7) is 2.77. The second-order valence-electron chi connectivity index (χ2n) is 7.28. The highest BCUT2D eigenvalue weighted by Gasteiger charge is 2.25. The van der Waals surface area contributed by atoms with Crippen LogP contribution in [0.15, 0.2) is 63.5 Å². The van der Waals surface area contributed by atoms with Gasteiger partial charge in [-0.2, -0.15) is 0 Å². The number of ether oxygens (including phenoxy) is 2. The number of amidine groups is 1. The van der Waals surface area contributed by atoms with Crippen molar-refractivity contribution in [1.82, 2.24) is 4.98 Å². The molecule has 3 aromatic rings. The summed E-state index contributed by atoms with van der Waals surface area (Å²) < 4.78 is 18.6. The van der Waals surface area contributed by atoms with Crippen molar-refractivity contribution >= 4 is 18.0 Å². The number of hydrogen-bond donors (Lipinski definition) is 1. The summed E-state index contributed by atoms with van der Waals surface area (Å²) in [6, 6.07) is 15.3. The van der Waals surface area contributed by atoms with Crippen LogP contribution in [0.25, 0.3) is 23.6 Å². The standard InChI is InChI=1S/C24H21N3O4/c1-29-19-8-7-17-13-18(22(25-20(17)15-19)27-9-11-30-12-10-27)14-21-24(28)31-23(26-21)16-5-3-2-4-6-16/h2-8,13-15H,9-12H2,1H3/p+1. The topological polar surface area (TPSA) is 80.1 Å². The molecule has 0 aliphatic carbocycles. The number of methoxy groups -OCH3 is 1. The summed E-state index contributed by atoms with van der Waals surface area (Å²) in [5, 5.41) is 12.2. The number of hydrogen-bond acceptors (Lipinski definition) is 5. The third-order valence-corrected chi connectivity index (χ3v) is 5.29. The molecule has 1 fully saturated rings. The number of benzene rings is 2. The zero-order valence-electron chi connectivity index (χ0n) is 17.1. The van der Waals surface area contributed by atoms with Gasteiger partial charge in [-0.3, -0.25) is 4.58 Å². The fourth-order valence-electron chi connectivity index (χ4n) is 3.68. The lowest BCUT2D eigenvalue weighted by atomic mass is 10.1. The van der Waals surface area contributed by atoms with E-state index in [1.807, 2.05) is 60.7 Å². The molecule has 2 aliphatic heterocycles. The average molecular weight is 416 g/mol. The van der Waals surface area contributed by atoms with Crippen LogP contribution in [0.4, 0.5) is 0 Å². The highest BCUT2D eigenvalue weighted by atomic mass is 16.5. The molecule has 3 heterocycles. The first-order chi connectivity index (χ1) is 15.2. The lowest BCUT2D eigenvalue weighted by Gasteiger charge is -2.16. The number of aromatic hydroxyl groups is 1. The largest absolute Gasteiger partial charge is 0.497 e. The number of fused-ring (bicyclic) bond motifs is 1. The SMILES string of the molecule is COc1ccc2c(c1)=NC(=[N+]1CCOCC1)/C(=C/c1nc(-c3ccccc3)oc1O)C=2. The van der Waals surface area contributed by atoms with E-state index in [9.17, 15) is 5.11 Å². The highest BCUT2D eigenvalue weighted by molar-refractivity contribution is 6.08. The molecule has 0 atom stereocenters. The van der Waals surface area contributed by atoms with Crippen molar-refractivity contribution in [3.63, 3.8) is 0 Å². The second-order valence-corrected chi connectivity index (χ2v) is 7.28. The molecule has 0 bridgehead atoms. The summed E-state index contributed by atoms with van der Waals surface area (Å²) >= 11 is 0. The minimum atomic E-state index is -0.221. The van der Waals surface area contributed by atoms with E-state index >= 15 is 0 Å². The Hall–Kier alpha value is -3.71. The first-order valence-electron chi connectivity index (χ1n) is 10.1. The van der Waals surface area contributed by atoms with Crippen LogP contribution in [-0.2, 0) is 4.74 Å². The lowest BCUT2D eigenvalue weighted by molar-refractivity contribution is -0.549. The third-order valence-electron chi connectivity index (χ3n) is 5.29. The molecular formula is C24H22N3O4+. The maximum absolute atomic E-state index is 10.4. The predicted molar refractivity (Wildman–Crippen MR) is 116 cm³/mol. The molecule has 1 N–H and O–H groups in total. The fraction of sp³-hybridized carbons (Fsp3) is 0.208. The van der Waals surface area contributed by atoms with Gasteiger partial charge >= 0.3 is 11.8 Å². The van der Waals surface area contributed by atoms with Crippen LogP contribution < -0.4 is 15.3 Å². The quantitative estimate of drug-likeness (QED) is 0.661. The molecule has 1 saturated heterocycles. The Kier molecular flexibility index (Phi) is 5.09. The van der Waals surface area contributed by atoms with E-state index in [1.54, 1.807) is 7.11 Å². The number of oxazole rings is 1. The first-order valence-corrected chi connectivity index (χ1v) is 10.1. The van der Waals surface area contributed by atoms with E-state index in [4.69, 9.17) is 18.9 Å². The highest BCUT2D eigenvalue weighted by Crippen LogP contribution is 2.28. The zero-order chi connectivity index (χ0) is 21.2. The smallest absolute Gasteiger partial charge is 0.326 e. The summed E-state index contributed by atoms with van der Waals surface area (Å²) in [6.07, 6.45) is 3.86. The van der Waals surface area contributed by atoms with Crippen molar-refractivity contribution in [2.75, 3.05) is 33.4 Å².